The second kappa shape index (κ2) is 10.3. The molecule has 3 amide bonds. The number of non-ortho nitro benzene ring substituents is 1. The van der Waals surface area contributed by atoms with Gasteiger partial charge < -0.3 is 15.4 Å². The number of ether oxygens (including phenoxy) is 1. The monoisotopic (exact) mass is 488 g/mol. The predicted octanol–water partition coefficient (Wildman–Crippen LogP) is 2.53. The van der Waals surface area contributed by atoms with Crippen LogP contribution in [0.2, 0.25) is 5.02 Å². The van der Waals surface area contributed by atoms with Crippen molar-refractivity contribution in [1.29, 1.82) is 0 Å². The maximum Gasteiger partial charge on any atom is 0.329 e. The Bertz CT molecular complexity index is 1170. The van der Waals surface area contributed by atoms with E-state index in [4.69, 9.17) is 16.3 Å². The fourth-order valence-corrected chi connectivity index (χ4v) is 3.54. The number of hydrogen-bond donors (Lipinski definition) is 2. The molecule has 0 fully saturated rings. The zero-order chi connectivity index (χ0) is 25.0. The minimum absolute atomic E-state index is 0.0577. The number of nitro groups is 1. The van der Waals surface area contributed by atoms with E-state index in [0.29, 0.717) is 11.4 Å². The van der Waals surface area contributed by atoms with E-state index in [1.807, 2.05) is 0 Å². The Labute approximate surface area is 199 Å². The summed E-state index contributed by atoms with van der Waals surface area (Å²) in [6.07, 6.45) is 0. The number of rotatable bonds is 7. The van der Waals surface area contributed by atoms with Crippen molar-refractivity contribution in [3.05, 3.63) is 63.2 Å². The summed E-state index contributed by atoms with van der Waals surface area (Å²) >= 11 is 5.99. The van der Waals surface area contributed by atoms with Crippen molar-refractivity contribution in [2.45, 2.75) is 19.9 Å². The fourth-order valence-electron chi connectivity index (χ4n) is 3.27. The third-order valence-electron chi connectivity index (χ3n) is 5.02. The molecule has 34 heavy (non-hydrogen) atoms. The van der Waals surface area contributed by atoms with E-state index in [1.54, 1.807) is 38.1 Å². The van der Waals surface area contributed by atoms with Crippen molar-refractivity contribution in [2.24, 2.45) is 5.92 Å². The van der Waals surface area contributed by atoms with Gasteiger partial charge >= 0.3 is 5.97 Å². The molecular weight excluding hydrogens is 468 g/mol. The fraction of sp³-hybridized carbons (Fsp3) is 0.273. The molecule has 12 heteroatoms. The van der Waals surface area contributed by atoms with E-state index >= 15 is 0 Å². The van der Waals surface area contributed by atoms with Gasteiger partial charge in [0.2, 0.25) is 5.91 Å². The number of nitro benzene ring substituents is 1. The van der Waals surface area contributed by atoms with Crippen molar-refractivity contribution in [3.8, 4) is 0 Å². The van der Waals surface area contributed by atoms with Crippen molar-refractivity contribution in [2.75, 3.05) is 23.4 Å². The third kappa shape index (κ3) is 5.49. The average molecular weight is 489 g/mol. The van der Waals surface area contributed by atoms with Gasteiger partial charge in [0.25, 0.3) is 17.5 Å². The Hall–Kier alpha value is -3.99. The summed E-state index contributed by atoms with van der Waals surface area (Å²) in [5, 5.41) is 15.8. The summed E-state index contributed by atoms with van der Waals surface area (Å²) in [5.41, 5.74) is 0.598. The number of carbonyl (C=O) groups excluding carboxylic acids is 4. The molecule has 11 nitrogen and oxygen atoms in total. The first kappa shape index (κ1) is 24.6. The van der Waals surface area contributed by atoms with E-state index in [9.17, 15) is 29.3 Å². The van der Waals surface area contributed by atoms with Gasteiger partial charge in [-0.15, -0.1) is 0 Å². The van der Waals surface area contributed by atoms with Crippen LogP contribution in [0.5, 0.6) is 0 Å². The number of fused-ring (bicyclic) bond motifs is 1. The summed E-state index contributed by atoms with van der Waals surface area (Å²) < 4.78 is 5.15. The molecule has 0 spiro atoms. The van der Waals surface area contributed by atoms with Gasteiger partial charge in [0.15, 0.2) is 6.61 Å². The molecule has 2 N–H and O–H groups in total. The summed E-state index contributed by atoms with van der Waals surface area (Å²) in [4.78, 5) is 61.3. The molecule has 0 saturated carbocycles. The zero-order valence-electron chi connectivity index (χ0n) is 18.2. The molecule has 0 bridgehead atoms. The quantitative estimate of drug-likeness (QED) is 0.345. The Morgan fingerprint density at radius 1 is 1.24 bits per heavy atom. The molecule has 0 radical (unpaired) electrons. The van der Waals surface area contributed by atoms with Gasteiger partial charge in [-0.05, 0) is 24.1 Å². The number of amides is 3. The van der Waals surface area contributed by atoms with Crippen molar-refractivity contribution < 1.29 is 28.8 Å². The maximum atomic E-state index is 12.7. The summed E-state index contributed by atoms with van der Waals surface area (Å²) in [6, 6.07) is 8.92. The van der Waals surface area contributed by atoms with Crippen molar-refractivity contribution in [1.82, 2.24) is 5.32 Å². The lowest BCUT2D eigenvalue weighted by molar-refractivity contribution is -0.384. The van der Waals surface area contributed by atoms with E-state index in [2.05, 4.69) is 10.6 Å². The van der Waals surface area contributed by atoms with Crippen LogP contribution in [0.3, 0.4) is 0 Å². The second-order valence-electron chi connectivity index (χ2n) is 7.77. The molecule has 0 saturated heterocycles. The molecule has 1 unspecified atom stereocenters. The molecular formula is C22H21ClN4O7. The minimum atomic E-state index is -1.12. The van der Waals surface area contributed by atoms with E-state index in [1.165, 1.54) is 11.0 Å². The predicted molar refractivity (Wildman–Crippen MR) is 123 cm³/mol. The Kier molecular flexibility index (Phi) is 7.47. The number of carbonyl (C=O) groups is 4. The molecule has 1 atom stereocenters. The van der Waals surface area contributed by atoms with Crippen molar-refractivity contribution >= 4 is 52.4 Å². The summed E-state index contributed by atoms with van der Waals surface area (Å²) in [5.74, 6) is -2.99. The minimum Gasteiger partial charge on any atom is -0.454 e. The third-order valence-corrected chi connectivity index (χ3v) is 5.34. The molecule has 178 valence electrons. The molecule has 1 aliphatic rings. The number of esters is 1. The summed E-state index contributed by atoms with van der Waals surface area (Å²) in [6.45, 7) is 2.46. The lowest BCUT2D eigenvalue weighted by Crippen LogP contribution is -2.47. The van der Waals surface area contributed by atoms with Crippen LogP contribution in [0.4, 0.5) is 17.1 Å². The van der Waals surface area contributed by atoms with E-state index < -0.39 is 41.3 Å². The average Bonchev–Trinajstić information content (AvgIpc) is 2.79. The van der Waals surface area contributed by atoms with Gasteiger partial charge in [0, 0.05) is 12.1 Å². The lowest BCUT2D eigenvalue weighted by Gasteiger charge is -2.29. The highest BCUT2D eigenvalue weighted by Crippen LogP contribution is 2.29. The van der Waals surface area contributed by atoms with E-state index in [0.717, 1.165) is 12.1 Å². The van der Waals surface area contributed by atoms with Crippen LogP contribution >= 0.6 is 11.6 Å². The first-order chi connectivity index (χ1) is 16.1. The molecule has 2 aromatic rings. The molecule has 2 aromatic carbocycles. The van der Waals surface area contributed by atoms with Crippen LogP contribution in [-0.4, -0.2) is 47.8 Å². The number of hydrogen-bond acceptors (Lipinski definition) is 7. The van der Waals surface area contributed by atoms with Crippen LogP contribution in [0, 0.1) is 16.0 Å². The smallest absolute Gasteiger partial charge is 0.329 e. The second-order valence-corrected chi connectivity index (χ2v) is 8.18. The number of nitrogens with zero attached hydrogens (tertiary/aromatic N) is 2. The highest BCUT2D eigenvalue weighted by Gasteiger charge is 2.30. The number of para-hydroxylation sites is 2. The largest absolute Gasteiger partial charge is 0.454 e. The lowest BCUT2D eigenvalue weighted by atomic mass is 10.0. The normalized spacial score (nSPS) is 13.5. The standard InChI is InChI=1S/C22H21ClN4O7/c1-12(2)20(25-21(30)14-8-7-13(27(32)33)9-15(14)23)22(31)34-11-19(29)26-10-18(28)24-16-5-3-4-6-17(16)26/h3-9,12,20H,10-11H2,1-2H3,(H,24,28)(H,25,30). The Balaban J connectivity index is 1.67. The van der Waals surface area contributed by atoms with Gasteiger partial charge in [0.1, 0.15) is 12.6 Å². The first-order valence-electron chi connectivity index (χ1n) is 10.2. The molecule has 0 aromatic heterocycles. The number of benzene rings is 2. The van der Waals surface area contributed by atoms with Gasteiger partial charge in [-0.3, -0.25) is 29.4 Å². The first-order valence-corrected chi connectivity index (χ1v) is 10.6. The van der Waals surface area contributed by atoms with Gasteiger partial charge in [-0.2, -0.15) is 0 Å². The Morgan fingerprint density at radius 2 is 1.94 bits per heavy atom. The number of halogens is 1. The topological polar surface area (TPSA) is 148 Å². The van der Waals surface area contributed by atoms with Gasteiger partial charge in [-0.1, -0.05) is 37.6 Å². The highest BCUT2D eigenvalue weighted by atomic mass is 35.5. The SMILES string of the molecule is CC(C)C(NC(=O)c1ccc([N+](=O)[O-])cc1Cl)C(=O)OCC(=O)N1CC(=O)Nc2ccccc21. The maximum absolute atomic E-state index is 12.7. The van der Waals surface area contributed by atoms with Gasteiger partial charge in [-0.25, -0.2) is 4.79 Å². The van der Waals surface area contributed by atoms with E-state index in [-0.39, 0.29) is 28.7 Å². The molecule has 1 heterocycles. The van der Waals surface area contributed by atoms with Crippen LogP contribution in [0.25, 0.3) is 0 Å². The van der Waals surface area contributed by atoms with Crippen LogP contribution < -0.4 is 15.5 Å². The number of nitrogens with one attached hydrogen (secondary N) is 2. The van der Waals surface area contributed by atoms with Crippen molar-refractivity contribution in [3.63, 3.8) is 0 Å². The molecule has 0 aliphatic carbocycles. The molecule has 1 aliphatic heterocycles. The van der Waals surface area contributed by atoms with Crippen LogP contribution in [0.15, 0.2) is 42.5 Å². The van der Waals surface area contributed by atoms with Gasteiger partial charge in [0.05, 0.1) is 26.9 Å². The highest BCUT2D eigenvalue weighted by molar-refractivity contribution is 6.34. The number of anilines is 2. The summed E-state index contributed by atoms with van der Waals surface area (Å²) in [7, 11) is 0. The van der Waals surface area contributed by atoms with Crippen LogP contribution in [-0.2, 0) is 19.1 Å². The molecule has 3 rings (SSSR count). The van der Waals surface area contributed by atoms with Crippen LogP contribution in [0.1, 0.15) is 24.2 Å². The zero-order valence-corrected chi connectivity index (χ0v) is 19.0. The Morgan fingerprint density at radius 3 is 2.59 bits per heavy atom.